The van der Waals surface area contributed by atoms with Gasteiger partial charge < -0.3 is 20.1 Å². The standard InChI is InChI=1S/C18H16ClFN2O5/c1-26-13-5-2-11(3-6-13)18(25)21-9-17(24)27-10-16(23)22-15-7-4-12(19)8-14(15)20/h2-8H,9-10H2,1H3,(H,21,25)(H,22,23). The van der Waals surface area contributed by atoms with Crippen LogP contribution in [0, 0.1) is 5.82 Å². The second-order valence-electron chi connectivity index (χ2n) is 5.24. The highest BCUT2D eigenvalue weighted by Crippen LogP contribution is 2.18. The SMILES string of the molecule is COc1ccc(C(=O)NCC(=O)OCC(=O)Nc2ccc(Cl)cc2F)cc1. The number of ether oxygens (including phenoxy) is 2. The minimum absolute atomic E-state index is 0.0896. The Morgan fingerprint density at radius 3 is 2.44 bits per heavy atom. The smallest absolute Gasteiger partial charge is 0.325 e. The molecule has 0 aliphatic rings. The van der Waals surface area contributed by atoms with Gasteiger partial charge in [0.25, 0.3) is 11.8 Å². The zero-order valence-corrected chi connectivity index (χ0v) is 15.0. The van der Waals surface area contributed by atoms with Crippen molar-refractivity contribution in [3.8, 4) is 5.75 Å². The van der Waals surface area contributed by atoms with Crippen LogP contribution < -0.4 is 15.4 Å². The topological polar surface area (TPSA) is 93.7 Å². The fraction of sp³-hybridized carbons (Fsp3) is 0.167. The van der Waals surface area contributed by atoms with Gasteiger partial charge in [0.1, 0.15) is 18.1 Å². The average molecular weight is 395 g/mol. The maximum atomic E-state index is 13.6. The van der Waals surface area contributed by atoms with E-state index in [2.05, 4.69) is 10.6 Å². The van der Waals surface area contributed by atoms with Crippen LogP contribution in [0.5, 0.6) is 5.75 Å². The molecule has 27 heavy (non-hydrogen) atoms. The van der Waals surface area contributed by atoms with Crippen LogP contribution >= 0.6 is 11.6 Å². The molecule has 2 amide bonds. The van der Waals surface area contributed by atoms with Gasteiger partial charge in [-0.3, -0.25) is 14.4 Å². The number of amides is 2. The molecule has 0 unspecified atom stereocenters. The summed E-state index contributed by atoms with van der Waals surface area (Å²) < 4.78 is 23.3. The number of rotatable bonds is 7. The van der Waals surface area contributed by atoms with Crippen LogP contribution in [-0.4, -0.2) is 38.0 Å². The fourth-order valence-electron chi connectivity index (χ4n) is 1.97. The predicted octanol–water partition coefficient (Wildman–Crippen LogP) is 2.40. The maximum absolute atomic E-state index is 13.6. The Balaban J connectivity index is 1.74. The molecule has 0 aromatic heterocycles. The zero-order chi connectivity index (χ0) is 19.8. The molecule has 2 rings (SSSR count). The molecule has 0 spiro atoms. The van der Waals surface area contributed by atoms with Gasteiger partial charge in [0.05, 0.1) is 12.8 Å². The lowest BCUT2D eigenvalue weighted by atomic mass is 10.2. The summed E-state index contributed by atoms with van der Waals surface area (Å²) in [6.45, 7) is -1.05. The molecule has 0 aliphatic carbocycles. The van der Waals surface area contributed by atoms with Crippen molar-refractivity contribution in [1.29, 1.82) is 0 Å². The van der Waals surface area contributed by atoms with Crippen molar-refractivity contribution in [2.75, 3.05) is 25.6 Å². The van der Waals surface area contributed by atoms with Gasteiger partial charge in [-0.25, -0.2) is 4.39 Å². The van der Waals surface area contributed by atoms with E-state index in [0.29, 0.717) is 11.3 Å². The molecule has 0 saturated carbocycles. The first-order chi connectivity index (χ1) is 12.9. The maximum Gasteiger partial charge on any atom is 0.325 e. The van der Waals surface area contributed by atoms with Crippen LogP contribution in [0.2, 0.25) is 5.02 Å². The number of benzene rings is 2. The molecule has 0 aliphatic heterocycles. The predicted molar refractivity (Wildman–Crippen MR) is 96.3 cm³/mol. The largest absolute Gasteiger partial charge is 0.497 e. The van der Waals surface area contributed by atoms with Gasteiger partial charge in [-0.05, 0) is 42.5 Å². The molecule has 0 heterocycles. The van der Waals surface area contributed by atoms with Crippen LogP contribution in [0.4, 0.5) is 10.1 Å². The number of anilines is 1. The monoisotopic (exact) mass is 394 g/mol. The first kappa shape index (κ1) is 20.2. The van der Waals surface area contributed by atoms with Gasteiger partial charge in [-0.2, -0.15) is 0 Å². The Bertz CT molecular complexity index is 842. The Morgan fingerprint density at radius 2 is 1.81 bits per heavy atom. The quantitative estimate of drug-likeness (QED) is 0.703. The summed E-state index contributed by atoms with van der Waals surface area (Å²) in [6.07, 6.45) is 0. The minimum atomic E-state index is -0.816. The van der Waals surface area contributed by atoms with Gasteiger partial charge in [0.2, 0.25) is 0 Å². The second-order valence-corrected chi connectivity index (χ2v) is 5.68. The minimum Gasteiger partial charge on any atom is -0.497 e. The first-order valence-electron chi connectivity index (χ1n) is 7.72. The molecule has 0 saturated heterocycles. The van der Waals surface area contributed by atoms with E-state index in [1.807, 2.05) is 0 Å². The van der Waals surface area contributed by atoms with Crippen LogP contribution in [0.25, 0.3) is 0 Å². The summed E-state index contributed by atoms with van der Waals surface area (Å²) >= 11 is 5.61. The highest BCUT2D eigenvalue weighted by Gasteiger charge is 2.12. The van der Waals surface area contributed by atoms with Gasteiger partial charge in [-0.15, -0.1) is 0 Å². The van der Waals surface area contributed by atoms with Crippen LogP contribution in [0.15, 0.2) is 42.5 Å². The van der Waals surface area contributed by atoms with Crippen LogP contribution in [-0.2, 0) is 14.3 Å². The van der Waals surface area contributed by atoms with E-state index in [1.165, 1.54) is 31.4 Å². The van der Waals surface area contributed by atoms with Crippen molar-refractivity contribution in [3.63, 3.8) is 0 Å². The third-order valence-corrected chi connectivity index (χ3v) is 3.55. The fourth-order valence-corrected chi connectivity index (χ4v) is 2.13. The molecule has 0 radical (unpaired) electrons. The number of esters is 1. The highest BCUT2D eigenvalue weighted by atomic mass is 35.5. The number of carbonyl (C=O) groups excluding carboxylic acids is 3. The zero-order valence-electron chi connectivity index (χ0n) is 14.3. The van der Waals surface area contributed by atoms with E-state index in [-0.39, 0.29) is 10.7 Å². The van der Waals surface area contributed by atoms with Crippen LogP contribution in [0.1, 0.15) is 10.4 Å². The molecule has 2 aromatic rings. The number of nitrogens with one attached hydrogen (secondary N) is 2. The molecule has 9 heteroatoms. The summed E-state index contributed by atoms with van der Waals surface area (Å²) in [6, 6.07) is 10.0. The van der Waals surface area contributed by atoms with E-state index in [4.69, 9.17) is 21.1 Å². The van der Waals surface area contributed by atoms with Gasteiger partial charge in [0, 0.05) is 10.6 Å². The molecular formula is C18H16ClFN2O5. The summed E-state index contributed by atoms with van der Waals surface area (Å²) in [4.78, 5) is 35.2. The summed E-state index contributed by atoms with van der Waals surface area (Å²) in [5.41, 5.74) is 0.243. The second kappa shape index (κ2) is 9.54. The van der Waals surface area contributed by atoms with Crippen LogP contribution in [0.3, 0.4) is 0 Å². The van der Waals surface area contributed by atoms with Crippen molar-refractivity contribution in [3.05, 3.63) is 58.9 Å². The third kappa shape index (κ3) is 6.27. The Hall–Kier alpha value is -3.13. The molecule has 0 atom stereocenters. The van der Waals surface area contributed by atoms with E-state index in [0.717, 1.165) is 6.07 Å². The molecular weight excluding hydrogens is 379 g/mol. The van der Waals surface area contributed by atoms with Gasteiger partial charge >= 0.3 is 5.97 Å². The van der Waals surface area contributed by atoms with Gasteiger partial charge in [-0.1, -0.05) is 11.6 Å². The molecule has 2 N–H and O–H groups in total. The average Bonchev–Trinajstić information content (AvgIpc) is 2.66. The lowest BCUT2D eigenvalue weighted by Crippen LogP contribution is -2.32. The van der Waals surface area contributed by atoms with E-state index in [1.54, 1.807) is 12.1 Å². The van der Waals surface area contributed by atoms with Crippen molar-refractivity contribution in [2.45, 2.75) is 0 Å². The molecule has 0 bridgehead atoms. The molecule has 7 nitrogen and oxygen atoms in total. The summed E-state index contributed by atoms with van der Waals surface area (Å²) in [5.74, 6) is -2.15. The first-order valence-corrected chi connectivity index (χ1v) is 8.09. The molecule has 2 aromatic carbocycles. The lowest BCUT2D eigenvalue weighted by molar-refractivity contribution is -0.146. The Labute approximate surface area is 159 Å². The van der Waals surface area contributed by atoms with Crippen molar-refractivity contribution in [1.82, 2.24) is 5.32 Å². The number of hydrogen-bond donors (Lipinski definition) is 2. The van der Waals surface area contributed by atoms with Crippen molar-refractivity contribution in [2.24, 2.45) is 0 Å². The Morgan fingerprint density at radius 1 is 1.11 bits per heavy atom. The Kier molecular flexibility index (Phi) is 7.13. The number of carbonyl (C=O) groups is 3. The number of methoxy groups -OCH3 is 1. The normalized spacial score (nSPS) is 10.0. The molecule has 142 valence electrons. The third-order valence-electron chi connectivity index (χ3n) is 3.31. The number of hydrogen-bond acceptors (Lipinski definition) is 5. The molecule has 0 fully saturated rings. The highest BCUT2D eigenvalue weighted by molar-refractivity contribution is 6.30. The van der Waals surface area contributed by atoms with E-state index < -0.39 is 36.8 Å². The summed E-state index contributed by atoms with van der Waals surface area (Å²) in [5, 5.41) is 4.79. The van der Waals surface area contributed by atoms with Crippen molar-refractivity contribution >= 4 is 35.1 Å². The van der Waals surface area contributed by atoms with Crippen molar-refractivity contribution < 1.29 is 28.2 Å². The van der Waals surface area contributed by atoms with E-state index >= 15 is 0 Å². The van der Waals surface area contributed by atoms with Gasteiger partial charge in [0.15, 0.2) is 6.61 Å². The number of halogens is 2. The lowest BCUT2D eigenvalue weighted by Gasteiger charge is -2.08. The van der Waals surface area contributed by atoms with E-state index in [9.17, 15) is 18.8 Å². The summed E-state index contributed by atoms with van der Waals surface area (Å²) in [7, 11) is 1.50.